The minimum Gasteiger partial charge on any atom is -0.463 e. The number of aliphatic hydroxyl groups excluding tert-OH is 1. The maximum atomic E-state index is 14.1. The third-order valence-corrected chi connectivity index (χ3v) is 8.08. The Hall–Kier alpha value is -2.50. The normalized spacial score (nSPS) is 26.0. The average Bonchev–Trinajstić information content (AvgIpc) is 3.08. The Labute approximate surface area is 218 Å². The van der Waals surface area contributed by atoms with Crippen LogP contribution in [0, 0.1) is 5.92 Å². The number of ether oxygens (including phenoxy) is 2. The van der Waals surface area contributed by atoms with Gasteiger partial charge in [0.2, 0.25) is 0 Å². The van der Waals surface area contributed by atoms with Gasteiger partial charge >= 0.3 is 19.3 Å². The zero-order chi connectivity index (χ0) is 27.4. The van der Waals surface area contributed by atoms with E-state index >= 15 is 0 Å². The standard InChI is InChI=1S/C23H30ClFN3O8P/c1-14(2)34-20(30)15(3)12-37(32,36-16-7-5-4-6-8-16)33-11-17-19(29)23(24,13-25)21(35-17)28-10-9-18(26)27-22(28)31/h4-10,14-15,17,19,21,29H,11-13H2,1-3H3,(H2,26,27,31)/t15-,17-,19+,21-,23?,37+/m1/s1. The fourth-order valence-corrected chi connectivity index (χ4v) is 5.86. The van der Waals surface area contributed by atoms with E-state index in [4.69, 9.17) is 35.9 Å². The van der Waals surface area contributed by atoms with Gasteiger partial charge in [0.15, 0.2) is 6.23 Å². The van der Waals surface area contributed by atoms with Crippen molar-refractivity contribution in [2.45, 2.75) is 50.2 Å². The molecule has 2 heterocycles. The van der Waals surface area contributed by atoms with Gasteiger partial charge in [0.1, 0.15) is 35.3 Å². The highest BCUT2D eigenvalue weighted by atomic mass is 35.5. The number of alkyl halides is 2. The fourth-order valence-electron chi connectivity index (χ4n) is 3.69. The quantitative estimate of drug-likeness (QED) is 0.238. The molecule has 0 saturated carbocycles. The lowest BCUT2D eigenvalue weighted by Crippen LogP contribution is -2.46. The molecule has 37 heavy (non-hydrogen) atoms. The third-order valence-electron chi connectivity index (χ3n) is 5.54. The number of aliphatic hydroxyl groups is 1. The summed E-state index contributed by atoms with van der Waals surface area (Å²) in [6.45, 7) is 3.05. The molecule has 0 bridgehead atoms. The zero-order valence-corrected chi connectivity index (χ0v) is 22.2. The van der Waals surface area contributed by atoms with Crippen LogP contribution in [0.4, 0.5) is 10.2 Å². The van der Waals surface area contributed by atoms with Crippen LogP contribution in [0.1, 0.15) is 27.0 Å². The van der Waals surface area contributed by atoms with Crippen LogP contribution >= 0.6 is 19.2 Å². The number of carbonyl (C=O) groups excluding carboxylic acids is 1. The van der Waals surface area contributed by atoms with E-state index in [1.54, 1.807) is 44.2 Å². The molecule has 1 aliphatic heterocycles. The molecule has 14 heteroatoms. The lowest BCUT2D eigenvalue weighted by Gasteiger charge is -2.27. The minimum absolute atomic E-state index is 0.0655. The molecular weight excluding hydrogens is 532 g/mol. The average molecular weight is 562 g/mol. The first kappa shape index (κ1) is 29.1. The predicted octanol–water partition coefficient (Wildman–Crippen LogP) is 2.91. The van der Waals surface area contributed by atoms with Crippen molar-refractivity contribution < 1.29 is 37.4 Å². The molecule has 2 aromatic rings. The number of benzene rings is 1. The Kier molecular flexibility index (Phi) is 9.36. The smallest absolute Gasteiger partial charge is 0.380 e. The highest BCUT2D eigenvalue weighted by Gasteiger charge is 2.57. The van der Waals surface area contributed by atoms with Gasteiger partial charge in [-0.2, -0.15) is 4.98 Å². The molecule has 11 nitrogen and oxygen atoms in total. The van der Waals surface area contributed by atoms with Crippen molar-refractivity contribution in [3.05, 3.63) is 53.1 Å². The second-order valence-corrected chi connectivity index (χ2v) is 11.7. The monoisotopic (exact) mass is 561 g/mol. The molecule has 1 unspecified atom stereocenters. The topological polar surface area (TPSA) is 152 Å². The Morgan fingerprint density at radius 3 is 2.59 bits per heavy atom. The van der Waals surface area contributed by atoms with E-state index in [-0.39, 0.29) is 23.8 Å². The van der Waals surface area contributed by atoms with Crippen molar-refractivity contribution in [3.63, 3.8) is 0 Å². The Balaban J connectivity index is 1.82. The van der Waals surface area contributed by atoms with Crippen LogP contribution in [-0.4, -0.2) is 63.3 Å². The van der Waals surface area contributed by atoms with Gasteiger partial charge in [0.25, 0.3) is 0 Å². The number of para-hydroxylation sites is 1. The van der Waals surface area contributed by atoms with E-state index in [9.17, 15) is 23.7 Å². The number of carbonyl (C=O) groups is 1. The maximum absolute atomic E-state index is 14.1. The molecule has 0 aliphatic carbocycles. The number of hydrogen-bond acceptors (Lipinski definition) is 10. The molecule has 1 fully saturated rings. The first-order valence-electron chi connectivity index (χ1n) is 11.5. The number of nitrogens with two attached hydrogens (primary N) is 1. The van der Waals surface area contributed by atoms with Crippen molar-refractivity contribution in [1.29, 1.82) is 0 Å². The molecule has 1 aromatic heterocycles. The molecule has 0 spiro atoms. The summed E-state index contributed by atoms with van der Waals surface area (Å²) in [5.74, 6) is -1.31. The number of anilines is 1. The van der Waals surface area contributed by atoms with Crippen LogP contribution in [0.15, 0.2) is 47.4 Å². The van der Waals surface area contributed by atoms with Gasteiger partial charge in [-0.1, -0.05) is 25.1 Å². The zero-order valence-electron chi connectivity index (χ0n) is 20.5. The number of halogens is 2. The number of nitrogen functional groups attached to an aromatic ring is 1. The van der Waals surface area contributed by atoms with Gasteiger partial charge < -0.3 is 24.8 Å². The van der Waals surface area contributed by atoms with Gasteiger partial charge in [-0.3, -0.25) is 13.9 Å². The van der Waals surface area contributed by atoms with E-state index in [2.05, 4.69) is 4.98 Å². The van der Waals surface area contributed by atoms with E-state index in [1.807, 2.05) is 0 Å². The number of hydrogen-bond donors (Lipinski definition) is 2. The van der Waals surface area contributed by atoms with Crippen LogP contribution in [0.5, 0.6) is 5.75 Å². The summed E-state index contributed by atoms with van der Waals surface area (Å²) < 4.78 is 50.9. The maximum Gasteiger partial charge on any atom is 0.380 e. The Bertz CT molecular complexity index is 1190. The van der Waals surface area contributed by atoms with Gasteiger partial charge in [0.05, 0.1) is 24.8 Å². The van der Waals surface area contributed by atoms with Crippen molar-refractivity contribution in [3.8, 4) is 5.75 Å². The van der Waals surface area contributed by atoms with E-state index < -0.39 is 61.8 Å². The summed E-state index contributed by atoms with van der Waals surface area (Å²) in [7, 11) is -4.06. The third kappa shape index (κ3) is 6.88. The van der Waals surface area contributed by atoms with Crippen LogP contribution in [-0.2, 0) is 23.4 Å². The first-order valence-corrected chi connectivity index (χ1v) is 13.6. The van der Waals surface area contributed by atoms with Crippen LogP contribution in [0.25, 0.3) is 0 Å². The number of rotatable bonds is 11. The van der Waals surface area contributed by atoms with E-state index in [0.717, 1.165) is 4.57 Å². The van der Waals surface area contributed by atoms with Crippen molar-refractivity contribution in [2.75, 3.05) is 25.2 Å². The predicted molar refractivity (Wildman–Crippen MR) is 133 cm³/mol. The summed E-state index contributed by atoms with van der Waals surface area (Å²) in [6.07, 6.45) is -3.99. The fraction of sp³-hybridized carbons (Fsp3) is 0.522. The van der Waals surface area contributed by atoms with Crippen LogP contribution in [0.3, 0.4) is 0 Å². The van der Waals surface area contributed by atoms with Gasteiger partial charge in [0, 0.05) is 6.20 Å². The number of nitrogens with zero attached hydrogens (tertiary/aromatic N) is 2. The second kappa shape index (κ2) is 11.9. The molecule has 204 valence electrons. The van der Waals surface area contributed by atoms with Crippen LogP contribution in [0.2, 0.25) is 0 Å². The lowest BCUT2D eigenvalue weighted by molar-refractivity contribution is -0.151. The molecule has 1 aromatic carbocycles. The summed E-state index contributed by atoms with van der Waals surface area (Å²) in [4.78, 5) is 26.2. The Morgan fingerprint density at radius 2 is 2.00 bits per heavy atom. The molecular formula is C23H30ClFN3O8P. The molecule has 1 saturated heterocycles. The summed E-state index contributed by atoms with van der Waals surface area (Å²) in [5, 5.41) is 10.8. The summed E-state index contributed by atoms with van der Waals surface area (Å²) in [6, 6.07) is 9.44. The van der Waals surface area contributed by atoms with Crippen molar-refractivity contribution in [2.24, 2.45) is 5.92 Å². The van der Waals surface area contributed by atoms with Crippen molar-refractivity contribution >= 4 is 31.0 Å². The molecule has 3 N–H and O–H groups in total. The number of esters is 1. The summed E-state index contributed by atoms with van der Waals surface area (Å²) >= 11 is 6.38. The van der Waals surface area contributed by atoms with E-state index in [1.165, 1.54) is 19.2 Å². The van der Waals surface area contributed by atoms with Gasteiger partial charge in [-0.05, 0) is 32.0 Å². The van der Waals surface area contributed by atoms with Crippen LogP contribution < -0.4 is 15.9 Å². The molecule has 0 amide bonds. The Morgan fingerprint density at radius 1 is 1.32 bits per heavy atom. The SMILES string of the molecule is CC(C)OC(=O)[C@H](C)C[P@](=O)(OC[C@H]1O[C@@H](n2ccc(N)nc2=O)C(Cl)(CF)[C@H]1O)Oc1ccccc1. The molecule has 3 rings (SSSR count). The molecule has 1 aliphatic rings. The lowest BCUT2D eigenvalue weighted by atomic mass is 10.00. The van der Waals surface area contributed by atoms with E-state index in [0.29, 0.717) is 0 Å². The number of aromatic nitrogens is 2. The van der Waals surface area contributed by atoms with Gasteiger partial charge in [-0.25, -0.2) is 13.8 Å². The molecule has 6 atom stereocenters. The minimum atomic E-state index is -4.06. The highest BCUT2D eigenvalue weighted by molar-refractivity contribution is 7.54. The largest absolute Gasteiger partial charge is 0.463 e. The van der Waals surface area contributed by atoms with Gasteiger partial charge in [-0.15, -0.1) is 11.6 Å². The second-order valence-electron chi connectivity index (χ2n) is 8.95. The highest BCUT2D eigenvalue weighted by Crippen LogP contribution is 2.51. The van der Waals surface area contributed by atoms with Crippen molar-refractivity contribution in [1.82, 2.24) is 9.55 Å². The summed E-state index contributed by atoms with van der Waals surface area (Å²) in [5.41, 5.74) is 4.64. The first-order chi connectivity index (χ1) is 17.4. The molecule has 0 radical (unpaired) electrons.